The van der Waals surface area contributed by atoms with E-state index in [0.29, 0.717) is 11.3 Å². The van der Waals surface area contributed by atoms with Gasteiger partial charge in [0, 0.05) is 0 Å². The zero-order valence-corrected chi connectivity index (χ0v) is 19.0. The van der Waals surface area contributed by atoms with Gasteiger partial charge < -0.3 is 9.84 Å². The summed E-state index contributed by atoms with van der Waals surface area (Å²) in [6, 6.07) is 3.54. The Morgan fingerprint density at radius 2 is 1.75 bits per heavy atom. The third-order valence-electron chi connectivity index (χ3n) is 5.43. The molecule has 2 aliphatic carbocycles. The minimum absolute atomic E-state index is 0.154. The molecule has 1 N–H and O–H groups in total. The van der Waals surface area contributed by atoms with Crippen LogP contribution in [0.15, 0.2) is 29.4 Å². The molecular formula is C19H16I2N2O5. The van der Waals surface area contributed by atoms with Crippen LogP contribution in [-0.2, 0) is 14.4 Å². The van der Waals surface area contributed by atoms with Crippen molar-refractivity contribution >= 4 is 69.2 Å². The first kappa shape index (κ1) is 19.8. The summed E-state index contributed by atoms with van der Waals surface area (Å²) in [6.07, 6.45) is 5.50. The van der Waals surface area contributed by atoms with Gasteiger partial charge in [-0.05, 0) is 88.1 Å². The van der Waals surface area contributed by atoms with Crippen molar-refractivity contribution in [2.75, 3.05) is 0 Å². The third-order valence-corrected chi connectivity index (χ3v) is 7.03. The first-order valence-corrected chi connectivity index (χ1v) is 10.9. The first-order valence-electron chi connectivity index (χ1n) is 8.76. The van der Waals surface area contributed by atoms with Crippen molar-refractivity contribution in [1.82, 2.24) is 5.01 Å². The number of benzene rings is 1. The Hall–Kier alpha value is -1.50. The van der Waals surface area contributed by atoms with Crippen molar-refractivity contribution in [2.24, 2.45) is 28.8 Å². The summed E-state index contributed by atoms with van der Waals surface area (Å²) in [5.74, 6) is -1.23. The number of aliphatic carboxylic acids is 1. The van der Waals surface area contributed by atoms with Crippen LogP contribution in [-0.4, -0.2) is 40.2 Å². The maximum absolute atomic E-state index is 12.7. The van der Waals surface area contributed by atoms with E-state index >= 15 is 0 Å². The average molecular weight is 606 g/mol. The van der Waals surface area contributed by atoms with E-state index in [4.69, 9.17) is 9.84 Å². The molecule has 0 aromatic heterocycles. The second kappa shape index (κ2) is 7.39. The number of amides is 2. The number of halogens is 2. The molecule has 28 heavy (non-hydrogen) atoms. The Morgan fingerprint density at radius 1 is 1.21 bits per heavy atom. The van der Waals surface area contributed by atoms with Gasteiger partial charge in [0.2, 0.25) is 0 Å². The molecule has 3 aliphatic rings. The molecular weight excluding hydrogens is 590 g/mol. The topological polar surface area (TPSA) is 96.3 Å². The first-order chi connectivity index (χ1) is 13.3. The van der Waals surface area contributed by atoms with E-state index < -0.39 is 12.1 Å². The van der Waals surface area contributed by atoms with Gasteiger partial charge in [-0.3, -0.25) is 9.59 Å². The largest absolute Gasteiger partial charge is 0.479 e. The number of carbonyl (C=O) groups excluding carboxylic acids is 2. The molecule has 9 heteroatoms. The summed E-state index contributed by atoms with van der Waals surface area (Å²) >= 11 is 4.12. The summed E-state index contributed by atoms with van der Waals surface area (Å²) in [6.45, 7) is 1.47. The van der Waals surface area contributed by atoms with E-state index in [2.05, 4.69) is 50.3 Å². The van der Waals surface area contributed by atoms with E-state index in [0.717, 1.165) is 18.6 Å². The van der Waals surface area contributed by atoms with Crippen LogP contribution in [0.5, 0.6) is 5.75 Å². The molecule has 1 aromatic carbocycles. The number of fused-ring (bicyclic) bond motifs is 5. The lowest BCUT2D eigenvalue weighted by Gasteiger charge is -2.14. The van der Waals surface area contributed by atoms with Crippen LogP contribution >= 0.6 is 45.2 Å². The number of carboxylic acids is 1. The minimum Gasteiger partial charge on any atom is -0.479 e. The highest BCUT2D eigenvalue weighted by molar-refractivity contribution is 14.1. The molecule has 1 aromatic rings. The molecule has 0 radical (unpaired) electrons. The van der Waals surface area contributed by atoms with E-state index in [1.807, 2.05) is 12.2 Å². The molecule has 1 aliphatic heterocycles. The quantitative estimate of drug-likeness (QED) is 0.241. The van der Waals surface area contributed by atoms with Crippen LogP contribution in [0.25, 0.3) is 0 Å². The van der Waals surface area contributed by atoms with Gasteiger partial charge in [0.1, 0.15) is 5.75 Å². The molecule has 2 fully saturated rings. The molecule has 146 valence electrons. The minimum atomic E-state index is -1.04. The molecule has 1 heterocycles. The second-order valence-electron chi connectivity index (χ2n) is 7.14. The summed E-state index contributed by atoms with van der Waals surface area (Å²) in [7, 11) is 0. The summed E-state index contributed by atoms with van der Waals surface area (Å²) in [5, 5.41) is 14.2. The van der Waals surface area contributed by atoms with Crippen molar-refractivity contribution in [3.05, 3.63) is 37.0 Å². The maximum Gasteiger partial charge on any atom is 0.344 e. The fourth-order valence-electron chi connectivity index (χ4n) is 4.12. The van der Waals surface area contributed by atoms with Gasteiger partial charge in [0.15, 0.2) is 6.10 Å². The van der Waals surface area contributed by atoms with Crippen molar-refractivity contribution < 1.29 is 24.2 Å². The average Bonchev–Trinajstić information content (AvgIpc) is 3.31. The number of imide groups is 1. The highest BCUT2D eigenvalue weighted by atomic mass is 127. The van der Waals surface area contributed by atoms with Crippen LogP contribution in [0.4, 0.5) is 0 Å². The van der Waals surface area contributed by atoms with Crippen LogP contribution in [0.3, 0.4) is 0 Å². The highest BCUT2D eigenvalue weighted by Gasteiger charge is 2.59. The lowest BCUT2D eigenvalue weighted by atomic mass is 9.85. The van der Waals surface area contributed by atoms with Crippen molar-refractivity contribution in [3.8, 4) is 5.75 Å². The molecule has 0 unspecified atom stereocenters. The molecule has 4 rings (SSSR count). The molecule has 1 saturated heterocycles. The number of rotatable bonds is 5. The lowest BCUT2D eigenvalue weighted by Crippen LogP contribution is -2.28. The maximum atomic E-state index is 12.7. The summed E-state index contributed by atoms with van der Waals surface area (Å²) in [4.78, 5) is 36.3. The van der Waals surface area contributed by atoms with Gasteiger partial charge >= 0.3 is 5.97 Å². The van der Waals surface area contributed by atoms with Crippen molar-refractivity contribution in [2.45, 2.75) is 19.4 Å². The van der Waals surface area contributed by atoms with E-state index in [9.17, 15) is 14.4 Å². The van der Waals surface area contributed by atoms with E-state index in [1.165, 1.54) is 13.1 Å². The highest BCUT2D eigenvalue weighted by Crippen LogP contribution is 2.52. The normalized spacial score (nSPS) is 29.0. The van der Waals surface area contributed by atoms with Crippen LogP contribution in [0, 0.1) is 30.8 Å². The molecule has 2 amide bonds. The monoisotopic (exact) mass is 606 g/mol. The van der Waals surface area contributed by atoms with Gasteiger partial charge in [-0.25, -0.2) is 4.79 Å². The SMILES string of the molecule is C[C@H](Oc1c(I)cc(C=NN2C(=O)[C@@H]3[C@H](C2=O)[C@H]2C=C[C@H]3C2)cc1I)C(=O)O. The Morgan fingerprint density at radius 3 is 2.25 bits per heavy atom. The number of hydrazone groups is 1. The Bertz CT molecular complexity index is 891. The van der Waals surface area contributed by atoms with E-state index in [1.54, 1.807) is 12.1 Å². The number of nitrogens with zero attached hydrogens (tertiary/aromatic N) is 2. The third kappa shape index (κ3) is 3.25. The smallest absolute Gasteiger partial charge is 0.344 e. The second-order valence-corrected chi connectivity index (χ2v) is 9.47. The zero-order valence-electron chi connectivity index (χ0n) is 14.7. The zero-order chi connectivity index (χ0) is 20.2. The van der Waals surface area contributed by atoms with Crippen LogP contribution in [0.1, 0.15) is 18.9 Å². The Balaban J connectivity index is 1.53. The standard InChI is InChI=1S/C19H16I2N2O5/c1-8(19(26)27)28-16-12(20)4-9(5-13(16)21)7-22-23-17(24)14-10-2-3-11(6-10)15(14)18(23)25/h2-5,7-8,10-11,14-15H,6H2,1H3,(H,26,27)/t8-,10-,11-,14-,15+/m0/s1. The predicted molar refractivity (Wildman–Crippen MR) is 117 cm³/mol. The van der Waals surface area contributed by atoms with Gasteiger partial charge in [0.05, 0.1) is 25.2 Å². The number of ether oxygens (including phenoxy) is 1. The number of carbonyl (C=O) groups is 3. The Kier molecular flexibility index (Phi) is 5.23. The van der Waals surface area contributed by atoms with Gasteiger partial charge in [0.25, 0.3) is 11.8 Å². The molecule has 5 atom stereocenters. The fraction of sp³-hybridized carbons (Fsp3) is 0.368. The molecule has 1 saturated carbocycles. The molecule has 0 spiro atoms. The van der Waals surface area contributed by atoms with Gasteiger partial charge in [-0.2, -0.15) is 10.1 Å². The van der Waals surface area contributed by atoms with Gasteiger partial charge in [-0.15, -0.1) is 0 Å². The van der Waals surface area contributed by atoms with E-state index in [-0.39, 0.29) is 35.5 Å². The fourth-order valence-corrected chi connectivity index (χ4v) is 6.19. The molecule has 2 bridgehead atoms. The number of carboxylic acid groups (broad SMARTS) is 1. The predicted octanol–water partition coefficient (Wildman–Crippen LogP) is 2.89. The number of hydrogen-bond acceptors (Lipinski definition) is 5. The van der Waals surface area contributed by atoms with Gasteiger partial charge in [-0.1, -0.05) is 12.2 Å². The lowest BCUT2D eigenvalue weighted by molar-refractivity contribution is -0.144. The Labute approximate surface area is 188 Å². The number of allylic oxidation sites excluding steroid dienone is 2. The molecule has 7 nitrogen and oxygen atoms in total. The summed E-state index contributed by atoms with van der Waals surface area (Å²) in [5.41, 5.74) is 0.697. The van der Waals surface area contributed by atoms with Crippen molar-refractivity contribution in [3.63, 3.8) is 0 Å². The van der Waals surface area contributed by atoms with Crippen molar-refractivity contribution in [1.29, 1.82) is 0 Å². The number of hydrogen-bond donors (Lipinski definition) is 1. The van der Waals surface area contributed by atoms with Crippen LogP contribution < -0.4 is 4.74 Å². The van der Waals surface area contributed by atoms with Crippen LogP contribution in [0.2, 0.25) is 0 Å². The summed E-state index contributed by atoms with van der Waals surface area (Å²) < 4.78 is 6.94.